The van der Waals surface area contributed by atoms with Gasteiger partial charge >= 0.3 is 6.47 Å². The summed E-state index contributed by atoms with van der Waals surface area (Å²) in [6.45, 7) is 0.356. The van der Waals surface area contributed by atoms with Gasteiger partial charge in [0.25, 0.3) is 0 Å². The molecular formula is C6H6O4. The van der Waals surface area contributed by atoms with Gasteiger partial charge < -0.3 is 9.30 Å². The second kappa shape index (κ2) is 3.68. The van der Waals surface area contributed by atoms with Gasteiger partial charge in [-0.2, -0.15) is 4.89 Å². The van der Waals surface area contributed by atoms with E-state index in [1.54, 1.807) is 12.1 Å². The number of carbonyl (C=O) groups excluding carboxylic acids is 1. The first kappa shape index (κ1) is 6.82. The van der Waals surface area contributed by atoms with E-state index in [0.29, 0.717) is 5.76 Å². The molecule has 0 N–H and O–H groups in total. The van der Waals surface area contributed by atoms with Crippen LogP contribution < -0.4 is 0 Å². The van der Waals surface area contributed by atoms with Gasteiger partial charge in [-0.1, -0.05) is 0 Å². The number of hydrogen-bond acceptors (Lipinski definition) is 4. The van der Waals surface area contributed by atoms with E-state index in [2.05, 4.69) is 9.78 Å². The highest BCUT2D eigenvalue weighted by Crippen LogP contribution is 2.00. The van der Waals surface area contributed by atoms with Crippen LogP contribution >= 0.6 is 0 Å². The van der Waals surface area contributed by atoms with Gasteiger partial charge in [0.2, 0.25) is 0 Å². The Morgan fingerprint density at radius 3 is 3.20 bits per heavy atom. The van der Waals surface area contributed by atoms with Crippen LogP contribution in [0.15, 0.2) is 22.8 Å². The highest BCUT2D eigenvalue weighted by atomic mass is 17.2. The van der Waals surface area contributed by atoms with Crippen molar-refractivity contribution in [2.75, 3.05) is 0 Å². The number of rotatable bonds is 4. The normalized spacial score (nSPS) is 9.20. The Labute approximate surface area is 57.3 Å². The minimum Gasteiger partial charge on any atom is -0.467 e. The molecule has 0 aliphatic rings. The van der Waals surface area contributed by atoms with Crippen LogP contribution in [0.1, 0.15) is 5.76 Å². The summed E-state index contributed by atoms with van der Waals surface area (Å²) in [6, 6.07) is 3.44. The van der Waals surface area contributed by atoms with Crippen LogP contribution in [-0.2, 0) is 21.2 Å². The molecule has 1 rings (SSSR count). The van der Waals surface area contributed by atoms with Crippen LogP contribution in [0, 0.1) is 0 Å². The summed E-state index contributed by atoms with van der Waals surface area (Å²) in [5.74, 6) is 0.613. The number of furan rings is 1. The molecule has 0 radical (unpaired) electrons. The third kappa shape index (κ3) is 1.91. The molecule has 4 nitrogen and oxygen atoms in total. The Morgan fingerprint density at radius 2 is 2.60 bits per heavy atom. The van der Waals surface area contributed by atoms with Crippen LogP contribution in [0.25, 0.3) is 0 Å². The van der Waals surface area contributed by atoms with Gasteiger partial charge in [0.05, 0.1) is 6.26 Å². The first-order chi connectivity index (χ1) is 4.93. The summed E-state index contributed by atoms with van der Waals surface area (Å²) >= 11 is 0. The first-order valence-corrected chi connectivity index (χ1v) is 2.68. The Morgan fingerprint density at radius 1 is 1.70 bits per heavy atom. The van der Waals surface area contributed by atoms with Crippen LogP contribution in [0.2, 0.25) is 0 Å². The highest BCUT2D eigenvalue weighted by molar-refractivity contribution is 5.35. The van der Waals surface area contributed by atoms with Crippen molar-refractivity contribution in [2.45, 2.75) is 6.61 Å². The highest BCUT2D eigenvalue weighted by Gasteiger charge is 1.93. The zero-order valence-electron chi connectivity index (χ0n) is 5.15. The van der Waals surface area contributed by atoms with Gasteiger partial charge in [0.15, 0.2) is 6.61 Å². The predicted octanol–water partition coefficient (Wildman–Crippen LogP) is 0.884. The Balaban J connectivity index is 2.21. The molecule has 0 atom stereocenters. The van der Waals surface area contributed by atoms with Crippen molar-refractivity contribution in [2.24, 2.45) is 0 Å². The number of hydrogen-bond donors (Lipinski definition) is 0. The SMILES string of the molecule is O=COOCc1ccco1. The van der Waals surface area contributed by atoms with Gasteiger partial charge in [-0.15, -0.1) is 0 Å². The second-order valence-corrected chi connectivity index (χ2v) is 1.53. The number of carbonyl (C=O) groups is 1. The average Bonchev–Trinajstić information content (AvgIpc) is 2.41. The van der Waals surface area contributed by atoms with E-state index in [1.807, 2.05) is 0 Å². The summed E-state index contributed by atoms with van der Waals surface area (Å²) in [7, 11) is 0. The van der Waals surface area contributed by atoms with Crippen molar-refractivity contribution >= 4 is 6.47 Å². The Bertz CT molecular complexity index is 180. The third-order valence-electron chi connectivity index (χ3n) is 0.889. The lowest BCUT2D eigenvalue weighted by Crippen LogP contribution is -1.90. The molecule has 0 unspecified atom stereocenters. The van der Waals surface area contributed by atoms with Crippen molar-refractivity contribution in [3.63, 3.8) is 0 Å². The molecule has 1 heterocycles. The first-order valence-electron chi connectivity index (χ1n) is 2.68. The summed E-state index contributed by atoms with van der Waals surface area (Å²) in [6.07, 6.45) is 1.51. The van der Waals surface area contributed by atoms with Gasteiger partial charge in [-0.25, -0.2) is 0 Å². The van der Waals surface area contributed by atoms with Gasteiger partial charge in [0, 0.05) is 0 Å². The topological polar surface area (TPSA) is 48.7 Å². The van der Waals surface area contributed by atoms with Crippen molar-refractivity contribution < 1.29 is 19.0 Å². The largest absolute Gasteiger partial charge is 0.467 e. The standard InChI is InChI=1S/C6H6O4/c7-5-10-9-4-6-2-1-3-8-6/h1-3,5H,4H2. The third-order valence-corrected chi connectivity index (χ3v) is 0.889. The zero-order valence-corrected chi connectivity index (χ0v) is 5.15. The smallest absolute Gasteiger partial charge is 0.330 e. The lowest BCUT2D eigenvalue weighted by atomic mass is 10.5. The maximum Gasteiger partial charge on any atom is 0.330 e. The molecule has 0 saturated heterocycles. The summed E-state index contributed by atoms with van der Waals surface area (Å²) in [5, 5.41) is 0. The molecule has 4 heteroatoms. The van der Waals surface area contributed by atoms with Crippen molar-refractivity contribution in [1.29, 1.82) is 0 Å². The maximum absolute atomic E-state index is 9.56. The van der Waals surface area contributed by atoms with E-state index in [9.17, 15) is 4.79 Å². The molecule has 0 aliphatic carbocycles. The fourth-order valence-electron chi connectivity index (χ4n) is 0.515. The van der Waals surface area contributed by atoms with E-state index < -0.39 is 0 Å². The molecular weight excluding hydrogens is 136 g/mol. The molecule has 10 heavy (non-hydrogen) atoms. The van der Waals surface area contributed by atoms with E-state index in [1.165, 1.54) is 6.26 Å². The summed E-state index contributed by atoms with van der Waals surface area (Å²) in [5.41, 5.74) is 0. The van der Waals surface area contributed by atoms with Crippen LogP contribution in [0.5, 0.6) is 0 Å². The van der Waals surface area contributed by atoms with Gasteiger partial charge in [-0.3, -0.25) is 4.79 Å². The molecule has 0 bridgehead atoms. The molecule has 1 aromatic heterocycles. The fourth-order valence-corrected chi connectivity index (χ4v) is 0.515. The second-order valence-electron chi connectivity index (χ2n) is 1.53. The fraction of sp³-hybridized carbons (Fsp3) is 0.167. The maximum atomic E-state index is 9.56. The predicted molar refractivity (Wildman–Crippen MR) is 30.6 cm³/mol. The molecule has 0 amide bonds. The summed E-state index contributed by atoms with van der Waals surface area (Å²) in [4.78, 5) is 17.9. The molecule has 0 aliphatic heterocycles. The molecule has 0 fully saturated rings. The van der Waals surface area contributed by atoms with Gasteiger partial charge in [0.1, 0.15) is 5.76 Å². The average molecular weight is 142 g/mol. The lowest BCUT2D eigenvalue weighted by molar-refractivity contribution is -0.269. The van der Waals surface area contributed by atoms with Crippen LogP contribution in [-0.4, -0.2) is 6.47 Å². The van der Waals surface area contributed by atoms with Crippen LogP contribution in [0.4, 0.5) is 0 Å². The Hall–Kier alpha value is -1.29. The molecule has 0 saturated carbocycles. The van der Waals surface area contributed by atoms with E-state index in [4.69, 9.17) is 4.42 Å². The van der Waals surface area contributed by atoms with Crippen molar-refractivity contribution in [3.05, 3.63) is 24.2 Å². The summed E-state index contributed by atoms with van der Waals surface area (Å²) < 4.78 is 4.86. The quantitative estimate of drug-likeness (QED) is 0.271. The molecule has 54 valence electrons. The monoisotopic (exact) mass is 142 g/mol. The lowest BCUT2D eigenvalue weighted by Gasteiger charge is -1.92. The van der Waals surface area contributed by atoms with Crippen molar-refractivity contribution in [1.82, 2.24) is 0 Å². The zero-order chi connectivity index (χ0) is 7.23. The van der Waals surface area contributed by atoms with E-state index in [-0.39, 0.29) is 13.1 Å². The van der Waals surface area contributed by atoms with Crippen LogP contribution in [0.3, 0.4) is 0 Å². The molecule has 0 aromatic carbocycles. The van der Waals surface area contributed by atoms with Gasteiger partial charge in [-0.05, 0) is 12.1 Å². The van der Waals surface area contributed by atoms with Crippen molar-refractivity contribution in [3.8, 4) is 0 Å². The molecule has 1 aromatic rings. The van der Waals surface area contributed by atoms with E-state index >= 15 is 0 Å². The van der Waals surface area contributed by atoms with E-state index in [0.717, 1.165) is 0 Å². The Kier molecular flexibility index (Phi) is 2.51. The minimum absolute atomic E-state index is 0.145. The minimum atomic E-state index is 0.145. The molecule has 0 spiro atoms.